The Balaban J connectivity index is 1.69. The van der Waals surface area contributed by atoms with E-state index in [9.17, 15) is 4.79 Å². The molecule has 0 bridgehead atoms. The van der Waals surface area contributed by atoms with Crippen LogP contribution in [0.1, 0.15) is 22.3 Å². The van der Waals surface area contributed by atoms with Crippen molar-refractivity contribution in [2.24, 2.45) is 0 Å². The van der Waals surface area contributed by atoms with Crippen molar-refractivity contribution in [1.29, 1.82) is 0 Å². The van der Waals surface area contributed by atoms with Crippen LogP contribution in [0.3, 0.4) is 0 Å². The van der Waals surface area contributed by atoms with E-state index in [0.717, 1.165) is 28.7 Å². The lowest BCUT2D eigenvalue weighted by molar-refractivity contribution is 0.0983. The van der Waals surface area contributed by atoms with Gasteiger partial charge in [-0.1, -0.05) is 35.1 Å². The van der Waals surface area contributed by atoms with Gasteiger partial charge in [-0.25, -0.2) is 9.97 Å². The molecule has 2 aromatic carbocycles. The van der Waals surface area contributed by atoms with Gasteiger partial charge in [-0.2, -0.15) is 0 Å². The molecule has 0 saturated carbocycles. The van der Waals surface area contributed by atoms with Gasteiger partial charge >= 0.3 is 0 Å². The first-order valence-electron chi connectivity index (χ1n) is 9.54. The van der Waals surface area contributed by atoms with Crippen molar-refractivity contribution in [3.05, 3.63) is 71.3 Å². The number of aromatic nitrogens is 3. The first kappa shape index (κ1) is 20.4. The highest BCUT2D eigenvalue weighted by atomic mass is 35.5. The summed E-state index contributed by atoms with van der Waals surface area (Å²) in [6.45, 7) is 3.28. The Labute approximate surface area is 183 Å². The van der Waals surface area contributed by atoms with Crippen LogP contribution < -0.4 is 9.64 Å². The summed E-state index contributed by atoms with van der Waals surface area (Å²) in [6.07, 6.45) is 6.18. The van der Waals surface area contributed by atoms with Gasteiger partial charge in [0.15, 0.2) is 5.13 Å². The Morgan fingerprint density at radius 1 is 1.30 bits per heavy atom. The third-order valence-corrected chi connectivity index (χ3v) is 6.11. The molecule has 4 rings (SSSR count). The van der Waals surface area contributed by atoms with Gasteiger partial charge in [-0.05, 0) is 43.2 Å². The fourth-order valence-corrected chi connectivity index (χ4v) is 4.54. The molecular weight excluding hydrogens is 420 g/mol. The van der Waals surface area contributed by atoms with E-state index in [1.165, 1.54) is 11.3 Å². The van der Waals surface area contributed by atoms with E-state index in [4.69, 9.17) is 21.3 Å². The van der Waals surface area contributed by atoms with Crippen molar-refractivity contribution in [2.45, 2.75) is 19.9 Å². The summed E-state index contributed by atoms with van der Waals surface area (Å²) in [6, 6.07) is 11.1. The number of carbonyl (C=O) groups excluding carboxylic acids is 1. The van der Waals surface area contributed by atoms with Crippen LogP contribution in [-0.4, -0.2) is 34.1 Å². The van der Waals surface area contributed by atoms with Crippen molar-refractivity contribution in [3.63, 3.8) is 0 Å². The second-order valence-electron chi connectivity index (χ2n) is 6.87. The number of thiazole rings is 1. The first-order chi connectivity index (χ1) is 14.6. The number of hydrogen-bond donors (Lipinski definition) is 0. The summed E-state index contributed by atoms with van der Waals surface area (Å²) >= 11 is 7.69. The van der Waals surface area contributed by atoms with Crippen LogP contribution in [0.25, 0.3) is 10.2 Å². The van der Waals surface area contributed by atoms with Crippen molar-refractivity contribution >= 4 is 44.2 Å². The van der Waals surface area contributed by atoms with Crippen LogP contribution in [0.2, 0.25) is 5.02 Å². The monoisotopic (exact) mass is 440 g/mol. The van der Waals surface area contributed by atoms with E-state index in [1.807, 2.05) is 35.9 Å². The number of aryl methyl sites for hydroxylation is 2. The lowest BCUT2D eigenvalue weighted by Crippen LogP contribution is -2.32. The molecule has 4 aromatic rings. The van der Waals surface area contributed by atoms with E-state index < -0.39 is 0 Å². The number of nitrogens with zero attached hydrogens (tertiary/aromatic N) is 4. The van der Waals surface area contributed by atoms with Crippen LogP contribution in [0.15, 0.2) is 55.1 Å². The number of hydrogen-bond acceptors (Lipinski definition) is 5. The number of imidazole rings is 1. The van der Waals surface area contributed by atoms with E-state index in [-0.39, 0.29) is 5.91 Å². The Bertz CT molecular complexity index is 1170. The fourth-order valence-electron chi connectivity index (χ4n) is 3.30. The van der Waals surface area contributed by atoms with Gasteiger partial charge < -0.3 is 9.30 Å². The number of amides is 1. The Morgan fingerprint density at radius 2 is 2.17 bits per heavy atom. The molecule has 0 N–H and O–H groups in total. The maximum atomic E-state index is 13.6. The molecule has 0 atom stereocenters. The van der Waals surface area contributed by atoms with Gasteiger partial charge in [-0.15, -0.1) is 0 Å². The summed E-state index contributed by atoms with van der Waals surface area (Å²) in [7, 11) is 1.55. The van der Waals surface area contributed by atoms with Crippen molar-refractivity contribution in [2.75, 3.05) is 18.6 Å². The SMILES string of the molecule is COc1ccc(Cl)cc1C(=O)N(CCCn1ccnc1)c1nc2c(C)cccc2s1. The van der Waals surface area contributed by atoms with Gasteiger partial charge in [0.25, 0.3) is 5.91 Å². The largest absolute Gasteiger partial charge is 0.496 e. The maximum Gasteiger partial charge on any atom is 0.263 e. The van der Waals surface area contributed by atoms with Crippen molar-refractivity contribution in [1.82, 2.24) is 14.5 Å². The van der Waals surface area contributed by atoms with Crippen LogP contribution >= 0.6 is 22.9 Å². The Kier molecular flexibility index (Phi) is 6.01. The van der Waals surface area contributed by atoms with Crippen molar-refractivity contribution in [3.8, 4) is 5.75 Å². The summed E-state index contributed by atoms with van der Waals surface area (Å²) in [5.74, 6) is 0.304. The molecule has 0 saturated heterocycles. The summed E-state index contributed by atoms with van der Waals surface area (Å²) in [5, 5.41) is 1.15. The summed E-state index contributed by atoms with van der Waals surface area (Å²) in [4.78, 5) is 24.1. The van der Waals surface area contributed by atoms with Crippen LogP contribution in [0.4, 0.5) is 5.13 Å². The lowest BCUT2D eigenvalue weighted by atomic mass is 10.1. The number of fused-ring (bicyclic) bond motifs is 1. The number of methoxy groups -OCH3 is 1. The van der Waals surface area contributed by atoms with Gasteiger partial charge in [-0.3, -0.25) is 9.69 Å². The molecule has 6 nitrogen and oxygen atoms in total. The topological polar surface area (TPSA) is 60.2 Å². The second kappa shape index (κ2) is 8.85. The van der Waals surface area contributed by atoms with E-state index >= 15 is 0 Å². The average molecular weight is 441 g/mol. The third-order valence-electron chi connectivity index (χ3n) is 4.83. The number of para-hydroxylation sites is 1. The lowest BCUT2D eigenvalue weighted by Gasteiger charge is -2.21. The van der Waals surface area contributed by atoms with Gasteiger partial charge in [0, 0.05) is 30.5 Å². The fraction of sp³-hybridized carbons (Fsp3) is 0.227. The van der Waals surface area contributed by atoms with Crippen molar-refractivity contribution < 1.29 is 9.53 Å². The highest BCUT2D eigenvalue weighted by Crippen LogP contribution is 2.33. The second-order valence-corrected chi connectivity index (χ2v) is 8.32. The molecule has 8 heteroatoms. The number of carbonyl (C=O) groups is 1. The molecule has 2 aromatic heterocycles. The number of rotatable bonds is 7. The molecule has 0 aliphatic heterocycles. The van der Waals surface area contributed by atoms with Crippen LogP contribution in [-0.2, 0) is 6.54 Å². The molecular formula is C22H21ClN4O2S. The molecule has 0 spiro atoms. The molecule has 0 aliphatic carbocycles. The normalized spacial score (nSPS) is 11.0. The molecule has 0 aliphatic rings. The Hall–Kier alpha value is -2.90. The molecule has 0 radical (unpaired) electrons. The molecule has 2 heterocycles. The zero-order valence-electron chi connectivity index (χ0n) is 16.7. The minimum atomic E-state index is -0.184. The summed E-state index contributed by atoms with van der Waals surface area (Å²) < 4.78 is 8.46. The average Bonchev–Trinajstić information content (AvgIpc) is 3.41. The quantitative estimate of drug-likeness (QED) is 0.396. The zero-order chi connectivity index (χ0) is 21.1. The number of halogens is 1. The van der Waals surface area contributed by atoms with Gasteiger partial charge in [0.1, 0.15) is 5.75 Å². The molecule has 0 fully saturated rings. The molecule has 0 unspecified atom stereocenters. The molecule has 30 heavy (non-hydrogen) atoms. The smallest absolute Gasteiger partial charge is 0.263 e. The van der Waals surface area contributed by atoms with Crippen LogP contribution in [0.5, 0.6) is 5.75 Å². The standard InChI is InChI=1S/C22H21ClN4O2S/c1-15-5-3-6-19-20(15)25-22(30-19)27(11-4-10-26-12-9-24-14-26)21(28)17-13-16(23)7-8-18(17)29-2/h3,5-9,12-14H,4,10-11H2,1-2H3. The van der Waals surface area contributed by atoms with Crippen LogP contribution in [0, 0.1) is 6.92 Å². The number of benzene rings is 2. The maximum absolute atomic E-state index is 13.6. The van der Waals surface area contributed by atoms with E-state index in [1.54, 1.807) is 42.7 Å². The molecule has 1 amide bonds. The third kappa shape index (κ3) is 4.17. The first-order valence-corrected chi connectivity index (χ1v) is 10.7. The predicted octanol–water partition coefficient (Wildman–Crippen LogP) is 5.20. The van der Waals surface area contributed by atoms with Gasteiger partial charge in [0.2, 0.25) is 0 Å². The predicted molar refractivity (Wildman–Crippen MR) is 121 cm³/mol. The van der Waals surface area contributed by atoms with Gasteiger partial charge in [0.05, 0.1) is 29.2 Å². The number of anilines is 1. The zero-order valence-corrected chi connectivity index (χ0v) is 18.3. The molecule has 154 valence electrons. The summed E-state index contributed by atoms with van der Waals surface area (Å²) in [5.41, 5.74) is 2.42. The highest BCUT2D eigenvalue weighted by molar-refractivity contribution is 7.22. The number of ether oxygens (including phenoxy) is 1. The minimum absolute atomic E-state index is 0.184. The van der Waals surface area contributed by atoms with E-state index in [0.29, 0.717) is 28.0 Å². The Morgan fingerprint density at radius 3 is 2.90 bits per heavy atom. The minimum Gasteiger partial charge on any atom is -0.496 e. The van der Waals surface area contributed by atoms with E-state index in [2.05, 4.69) is 4.98 Å². The highest BCUT2D eigenvalue weighted by Gasteiger charge is 2.24.